The first-order valence-electron chi connectivity index (χ1n) is 5.40. The molecule has 1 rings (SSSR count). The van der Waals surface area contributed by atoms with Crippen molar-refractivity contribution in [3.05, 3.63) is 35.4 Å². The molecule has 1 aromatic carbocycles. The summed E-state index contributed by atoms with van der Waals surface area (Å²) in [7, 11) is 0. The molecule has 0 aliphatic carbocycles. The average Bonchev–Trinajstić information content (AvgIpc) is 2.25. The SMILES string of the molecule is Cc1ccc(C(=O)CCCCCBr)cc1. The fourth-order valence-electron chi connectivity index (χ4n) is 1.44. The van der Waals surface area contributed by atoms with Crippen molar-refractivity contribution in [2.45, 2.75) is 32.6 Å². The van der Waals surface area contributed by atoms with Crippen LogP contribution in [0.15, 0.2) is 24.3 Å². The van der Waals surface area contributed by atoms with Gasteiger partial charge in [0, 0.05) is 17.3 Å². The van der Waals surface area contributed by atoms with E-state index in [9.17, 15) is 4.79 Å². The normalized spacial score (nSPS) is 10.3. The minimum atomic E-state index is 0.268. The van der Waals surface area contributed by atoms with Crippen molar-refractivity contribution in [1.82, 2.24) is 0 Å². The lowest BCUT2D eigenvalue weighted by molar-refractivity contribution is 0.0979. The van der Waals surface area contributed by atoms with Gasteiger partial charge in [-0.1, -0.05) is 52.2 Å². The summed E-state index contributed by atoms with van der Waals surface area (Å²) in [4.78, 5) is 11.7. The number of aryl methyl sites for hydroxylation is 1. The molecule has 0 atom stereocenters. The number of ketones is 1. The number of carbonyl (C=O) groups is 1. The van der Waals surface area contributed by atoms with Crippen molar-refractivity contribution in [3.63, 3.8) is 0 Å². The molecule has 0 aromatic heterocycles. The van der Waals surface area contributed by atoms with E-state index < -0.39 is 0 Å². The first-order chi connectivity index (χ1) is 7.24. The highest BCUT2D eigenvalue weighted by atomic mass is 79.9. The third-order valence-corrected chi connectivity index (χ3v) is 2.97. The molecule has 82 valence electrons. The fraction of sp³-hybridized carbons (Fsp3) is 0.462. The summed E-state index contributed by atoms with van der Waals surface area (Å²) < 4.78 is 0. The third-order valence-electron chi connectivity index (χ3n) is 2.41. The molecule has 0 saturated heterocycles. The second-order valence-electron chi connectivity index (χ2n) is 3.79. The number of benzene rings is 1. The Labute approximate surface area is 100 Å². The topological polar surface area (TPSA) is 17.1 Å². The van der Waals surface area contributed by atoms with Gasteiger partial charge in [0.2, 0.25) is 0 Å². The second-order valence-corrected chi connectivity index (χ2v) is 4.58. The highest BCUT2D eigenvalue weighted by Gasteiger charge is 2.04. The molecule has 0 amide bonds. The Morgan fingerprint density at radius 3 is 2.40 bits per heavy atom. The van der Waals surface area contributed by atoms with Gasteiger partial charge in [0.25, 0.3) is 0 Å². The third kappa shape index (κ3) is 4.61. The maximum Gasteiger partial charge on any atom is 0.162 e. The van der Waals surface area contributed by atoms with Crippen molar-refractivity contribution < 1.29 is 4.79 Å². The Balaban J connectivity index is 2.37. The quantitative estimate of drug-likeness (QED) is 0.431. The van der Waals surface area contributed by atoms with Crippen LogP contribution in [0.1, 0.15) is 41.6 Å². The van der Waals surface area contributed by atoms with Gasteiger partial charge in [-0.25, -0.2) is 0 Å². The molecule has 0 fully saturated rings. The Bertz CT molecular complexity index is 303. The van der Waals surface area contributed by atoms with Gasteiger partial charge in [0.1, 0.15) is 0 Å². The Hall–Kier alpha value is -0.630. The number of halogens is 1. The van der Waals surface area contributed by atoms with Crippen LogP contribution in [0.4, 0.5) is 0 Å². The van der Waals surface area contributed by atoms with E-state index in [-0.39, 0.29) is 5.78 Å². The molecule has 1 nitrogen and oxygen atoms in total. The molecule has 0 saturated carbocycles. The lowest BCUT2D eigenvalue weighted by Gasteiger charge is -2.01. The zero-order valence-corrected chi connectivity index (χ0v) is 10.7. The van der Waals surface area contributed by atoms with E-state index in [4.69, 9.17) is 0 Å². The molecule has 0 unspecified atom stereocenters. The summed E-state index contributed by atoms with van der Waals surface area (Å²) in [5, 5.41) is 1.03. The van der Waals surface area contributed by atoms with Crippen LogP contribution in [-0.4, -0.2) is 11.1 Å². The van der Waals surface area contributed by atoms with E-state index in [0.29, 0.717) is 6.42 Å². The largest absolute Gasteiger partial charge is 0.294 e. The lowest BCUT2D eigenvalue weighted by Crippen LogP contribution is -1.98. The van der Waals surface area contributed by atoms with Gasteiger partial charge in [0.15, 0.2) is 5.78 Å². The van der Waals surface area contributed by atoms with Crippen LogP contribution in [0.2, 0.25) is 0 Å². The maximum absolute atomic E-state index is 11.7. The van der Waals surface area contributed by atoms with E-state index in [2.05, 4.69) is 15.9 Å². The van der Waals surface area contributed by atoms with E-state index in [1.54, 1.807) is 0 Å². The zero-order chi connectivity index (χ0) is 11.1. The maximum atomic E-state index is 11.7. The number of alkyl halides is 1. The zero-order valence-electron chi connectivity index (χ0n) is 9.13. The molecular weight excluding hydrogens is 252 g/mol. The van der Waals surface area contributed by atoms with E-state index in [0.717, 1.165) is 30.2 Å². The van der Waals surface area contributed by atoms with Crippen molar-refractivity contribution in [3.8, 4) is 0 Å². The van der Waals surface area contributed by atoms with Crippen molar-refractivity contribution in [2.75, 3.05) is 5.33 Å². The number of rotatable bonds is 6. The van der Waals surface area contributed by atoms with Crippen LogP contribution in [-0.2, 0) is 0 Å². The highest BCUT2D eigenvalue weighted by Crippen LogP contribution is 2.10. The minimum Gasteiger partial charge on any atom is -0.294 e. The summed E-state index contributed by atoms with van der Waals surface area (Å²) in [5.74, 6) is 0.268. The molecule has 0 N–H and O–H groups in total. The average molecular weight is 269 g/mol. The van der Waals surface area contributed by atoms with Gasteiger partial charge in [-0.3, -0.25) is 4.79 Å². The summed E-state index contributed by atoms with van der Waals surface area (Å²) in [6.45, 7) is 2.03. The van der Waals surface area contributed by atoms with Crippen LogP contribution >= 0.6 is 15.9 Å². The predicted octanol–water partition coefficient (Wildman–Crippen LogP) is 4.13. The molecule has 15 heavy (non-hydrogen) atoms. The number of hydrogen-bond acceptors (Lipinski definition) is 1. The summed E-state index contributed by atoms with van der Waals surface area (Å²) in [6, 6.07) is 7.82. The van der Waals surface area contributed by atoms with Crippen molar-refractivity contribution in [1.29, 1.82) is 0 Å². The Morgan fingerprint density at radius 2 is 1.80 bits per heavy atom. The smallest absolute Gasteiger partial charge is 0.162 e. The molecule has 0 spiro atoms. The van der Waals surface area contributed by atoms with Gasteiger partial charge in [-0.15, -0.1) is 0 Å². The van der Waals surface area contributed by atoms with Gasteiger partial charge in [-0.2, -0.15) is 0 Å². The van der Waals surface area contributed by atoms with Crippen LogP contribution < -0.4 is 0 Å². The molecule has 1 aromatic rings. The van der Waals surface area contributed by atoms with Crippen LogP contribution in [0.3, 0.4) is 0 Å². The summed E-state index contributed by atoms with van der Waals surface area (Å²) >= 11 is 3.38. The van der Waals surface area contributed by atoms with Gasteiger partial charge < -0.3 is 0 Å². The van der Waals surface area contributed by atoms with Crippen LogP contribution in [0.5, 0.6) is 0 Å². The number of carbonyl (C=O) groups excluding carboxylic acids is 1. The van der Waals surface area contributed by atoms with Crippen molar-refractivity contribution in [2.24, 2.45) is 0 Å². The van der Waals surface area contributed by atoms with Crippen LogP contribution in [0, 0.1) is 6.92 Å². The standard InChI is InChI=1S/C13H17BrO/c1-11-6-8-12(9-7-11)13(15)5-3-2-4-10-14/h6-9H,2-5,10H2,1H3. The van der Waals surface area contributed by atoms with E-state index in [1.165, 1.54) is 5.56 Å². The van der Waals surface area contributed by atoms with Gasteiger partial charge in [-0.05, 0) is 19.8 Å². The number of unbranched alkanes of at least 4 members (excludes halogenated alkanes) is 2. The first-order valence-corrected chi connectivity index (χ1v) is 6.52. The fourth-order valence-corrected chi connectivity index (χ4v) is 1.84. The van der Waals surface area contributed by atoms with Crippen molar-refractivity contribution >= 4 is 21.7 Å². The molecule has 0 aliphatic heterocycles. The second kappa shape index (κ2) is 6.78. The summed E-state index contributed by atoms with van der Waals surface area (Å²) in [6.07, 6.45) is 3.96. The molecular formula is C13H17BrO. The molecule has 0 heterocycles. The first kappa shape index (κ1) is 12.4. The van der Waals surface area contributed by atoms with Gasteiger partial charge in [0.05, 0.1) is 0 Å². The van der Waals surface area contributed by atoms with E-state index >= 15 is 0 Å². The van der Waals surface area contributed by atoms with Crippen LogP contribution in [0.25, 0.3) is 0 Å². The molecule has 0 radical (unpaired) electrons. The highest BCUT2D eigenvalue weighted by molar-refractivity contribution is 9.09. The molecule has 0 bridgehead atoms. The number of hydrogen-bond donors (Lipinski definition) is 0. The monoisotopic (exact) mass is 268 g/mol. The summed E-state index contributed by atoms with van der Waals surface area (Å²) in [5.41, 5.74) is 2.05. The molecule has 2 heteroatoms. The number of Topliss-reactive ketones (excluding diaryl/α,β-unsaturated/α-hetero) is 1. The van der Waals surface area contributed by atoms with E-state index in [1.807, 2.05) is 31.2 Å². The Morgan fingerprint density at radius 1 is 1.13 bits per heavy atom. The molecule has 0 aliphatic rings. The predicted molar refractivity (Wildman–Crippen MR) is 67.8 cm³/mol. The van der Waals surface area contributed by atoms with Gasteiger partial charge >= 0.3 is 0 Å². The minimum absolute atomic E-state index is 0.268. The Kier molecular flexibility index (Phi) is 5.62. The lowest BCUT2D eigenvalue weighted by atomic mass is 10.0.